The number of halogens is 1. The van der Waals surface area contributed by atoms with Gasteiger partial charge in [0.2, 0.25) is 5.88 Å². The van der Waals surface area contributed by atoms with Crippen molar-refractivity contribution in [1.82, 2.24) is 9.55 Å². The van der Waals surface area contributed by atoms with Crippen molar-refractivity contribution in [3.8, 4) is 5.88 Å². The van der Waals surface area contributed by atoms with E-state index in [-0.39, 0.29) is 12.1 Å². The predicted octanol–water partition coefficient (Wildman–Crippen LogP) is 1.05. The molecule has 78 valence electrons. The van der Waals surface area contributed by atoms with Crippen LogP contribution in [-0.2, 0) is 6.54 Å². The fourth-order valence-electron chi connectivity index (χ4n) is 1.16. The van der Waals surface area contributed by atoms with Crippen molar-refractivity contribution in [1.29, 1.82) is 0 Å². The summed E-state index contributed by atoms with van der Waals surface area (Å²) in [6.07, 6.45) is 3.01. The van der Waals surface area contributed by atoms with Crippen molar-refractivity contribution in [3.05, 3.63) is 45.2 Å². The van der Waals surface area contributed by atoms with Crippen LogP contribution >= 0.6 is 15.9 Å². The van der Waals surface area contributed by atoms with E-state index in [1.54, 1.807) is 22.9 Å². The number of rotatable bonds is 2. The second-order valence-electron chi connectivity index (χ2n) is 2.89. The maximum Gasteiger partial charge on any atom is 0.277 e. The molecule has 0 aromatic carbocycles. The van der Waals surface area contributed by atoms with Crippen LogP contribution in [0, 0.1) is 0 Å². The highest BCUT2D eigenvalue weighted by Crippen LogP contribution is 2.17. The quantitative estimate of drug-likeness (QED) is 0.885. The lowest BCUT2D eigenvalue weighted by molar-refractivity contribution is 0.512. The molecule has 0 bridgehead atoms. The second kappa shape index (κ2) is 4.00. The summed E-state index contributed by atoms with van der Waals surface area (Å²) in [5.74, 6) is 0.573. The highest BCUT2D eigenvalue weighted by atomic mass is 79.9. The first-order chi connectivity index (χ1) is 7.20. The molecule has 2 N–H and O–H groups in total. The number of aromatic nitrogens is 2. The Morgan fingerprint density at radius 1 is 1.53 bits per heavy atom. The van der Waals surface area contributed by atoms with Crippen molar-refractivity contribution in [2.75, 3.05) is 0 Å². The summed E-state index contributed by atoms with van der Waals surface area (Å²) in [6.45, 7) is 0.161. The molecule has 0 fully saturated rings. The van der Waals surface area contributed by atoms with Gasteiger partial charge in [0.15, 0.2) is 4.67 Å². The summed E-state index contributed by atoms with van der Waals surface area (Å²) in [6, 6.07) is 3.52. The lowest BCUT2D eigenvalue weighted by Gasteiger charge is -2.02. The number of hydrogen-bond donors (Lipinski definition) is 1. The molecule has 2 heterocycles. The van der Waals surface area contributed by atoms with Crippen molar-refractivity contribution in [3.63, 3.8) is 0 Å². The van der Waals surface area contributed by atoms with E-state index in [1.807, 2.05) is 0 Å². The Morgan fingerprint density at radius 2 is 2.33 bits per heavy atom. The largest absolute Gasteiger partial charge is 0.433 e. The van der Waals surface area contributed by atoms with Crippen LogP contribution in [0.5, 0.6) is 0 Å². The van der Waals surface area contributed by atoms with Gasteiger partial charge in [0.25, 0.3) is 5.56 Å². The van der Waals surface area contributed by atoms with Crippen molar-refractivity contribution in [2.45, 2.75) is 6.54 Å². The van der Waals surface area contributed by atoms with Gasteiger partial charge in [-0.05, 0) is 22.0 Å². The molecule has 6 heteroatoms. The van der Waals surface area contributed by atoms with E-state index in [9.17, 15) is 4.79 Å². The highest BCUT2D eigenvalue weighted by Gasteiger charge is 2.04. The first-order valence-electron chi connectivity index (χ1n) is 4.23. The molecule has 0 amide bonds. The van der Waals surface area contributed by atoms with Crippen molar-refractivity contribution in [2.24, 2.45) is 5.73 Å². The van der Waals surface area contributed by atoms with E-state index >= 15 is 0 Å². The van der Waals surface area contributed by atoms with Crippen LogP contribution < -0.4 is 11.3 Å². The number of furan rings is 1. The van der Waals surface area contributed by atoms with Crippen LogP contribution in [0.25, 0.3) is 5.88 Å². The molecule has 0 unspecified atom stereocenters. The maximum atomic E-state index is 11.2. The fraction of sp³-hybridized carbons (Fsp3) is 0.111. The molecule has 0 saturated carbocycles. The Balaban J connectivity index is 2.50. The number of hydrogen-bond acceptors (Lipinski definition) is 4. The number of nitrogens with zero attached hydrogens (tertiary/aromatic N) is 2. The van der Waals surface area contributed by atoms with Gasteiger partial charge >= 0.3 is 0 Å². The number of nitrogens with two attached hydrogens (primary N) is 1. The molecule has 0 saturated heterocycles. The molecule has 0 radical (unpaired) electrons. The van der Waals surface area contributed by atoms with Gasteiger partial charge in [-0.1, -0.05) is 0 Å². The Kier molecular flexibility index (Phi) is 2.70. The summed E-state index contributed by atoms with van der Waals surface area (Å²) in [4.78, 5) is 14.9. The lowest BCUT2D eigenvalue weighted by Crippen LogP contribution is -2.18. The van der Waals surface area contributed by atoms with Crippen LogP contribution in [0.1, 0.15) is 5.56 Å². The molecule has 2 aromatic heterocycles. The van der Waals surface area contributed by atoms with Crippen LogP contribution in [-0.4, -0.2) is 9.55 Å². The molecule has 2 rings (SSSR count). The first-order valence-corrected chi connectivity index (χ1v) is 5.03. The van der Waals surface area contributed by atoms with Gasteiger partial charge in [0, 0.05) is 24.4 Å². The third-order valence-corrected chi connectivity index (χ3v) is 2.33. The topological polar surface area (TPSA) is 74.1 Å². The average molecular weight is 270 g/mol. The van der Waals surface area contributed by atoms with Gasteiger partial charge < -0.3 is 10.2 Å². The zero-order valence-corrected chi connectivity index (χ0v) is 9.27. The average Bonchev–Trinajstić information content (AvgIpc) is 2.66. The Labute approximate surface area is 93.7 Å². The maximum absolute atomic E-state index is 11.2. The van der Waals surface area contributed by atoms with Gasteiger partial charge in [-0.2, -0.15) is 4.98 Å². The van der Waals surface area contributed by atoms with Crippen LogP contribution in [0.4, 0.5) is 0 Å². The molecule has 0 spiro atoms. The van der Waals surface area contributed by atoms with E-state index in [2.05, 4.69) is 20.9 Å². The van der Waals surface area contributed by atoms with E-state index in [4.69, 9.17) is 10.2 Å². The van der Waals surface area contributed by atoms with Gasteiger partial charge in [-0.25, -0.2) is 0 Å². The summed E-state index contributed by atoms with van der Waals surface area (Å²) in [7, 11) is 0. The fourth-order valence-corrected chi connectivity index (χ4v) is 1.46. The van der Waals surface area contributed by atoms with Gasteiger partial charge in [0.1, 0.15) is 6.33 Å². The van der Waals surface area contributed by atoms with Crippen LogP contribution in [0.2, 0.25) is 0 Å². The first kappa shape index (κ1) is 10.1. The summed E-state index contributed by atoms with van der Waals surface area (Å²) >= 11 is 3.19. The lowest BCUT2D eigenvalue weighted by atomic mass is 10.3. The van der Waals surface area contributed by atoms with Crippen LogP contribution in [0.15, 0.2) is 38.5 Å². The highest BCUT2D eigenvalue weighted by molar-refractivity contribution is 9.10. The van der Waals surface area contributed by atoms with E-state index < -0.39 is 0 Å². The molecule has 15 heavy (non-hydrogen) atoms. The smallest absolute Gasteiger partial charge is 0.277 e. The SMILES string of the molecule is NCc1cn(-c2ccc(Br)o2)cnc1=O. The van der Waals surface area contributed by atoms with Crippen molar-refractivity contribution < 1.29 is 4.42 Å². The van der Waals surface area contributed by atoms with Gasteiger partial charge in [-0.15, -0.1) is 0 Å². The third kappa shape index (κ3) is 2.00. The zero-order chi connectivity index (χ0) is 10.8. The molecule has 2 aromatic rings. The summed E-state index contributed by atoms with van der Waals surface area (Å²) in [5.41, 5.74) is 5.55. The molecule has 0 aliphatic heterocycles. The van der Waals surface area contributed by atoms with E-state index in [1.165, 1.54) is 6.33 Å². The van der Waals surface area contributed by atoms with Gasteiger partial charge in [0.05, 0.1) is 0 Å². The molecule has 0 aliphatic carbocycles. The molecular formula is C9H8BrN3O2. The molecule has 0 atom stereocenters. The normalized spacial score (nSPS) is 10.5. The minimum atomic E-state index is -0.306. The third-order valence-electron chi connectivity index (χ3n) is 1.90. The Hall–Kier alpha value is -1.40. The summed E-state index contributed by atoms with van der Waals surface area (Å²) in [5, 5.41) is 0. The monoisotopic (exact) mass is 269 g/mol. The van der Waals surface area contributed by atoms with Crippen LogP contribution in [0.3, 0.4) is 0 Å². The molecule has 5 nitrogen and oxygen atoms in total. The zero-order valence-electron chi connectivity index (χ0n) is 7.68. The van der Waals surface area contributed by atoms with E-state index in [0.29, 0.717) is 16.1 Å². The second-order valence-corrected chi connectivity index (χ2v) is 3.67. The predicted molar refractivity (Wildman–Crippen MR) is 57.7 cm³/mol. The minimum absolute atomic E-state index is 0.161. The molecular weight excluding hydrogens is 262 g/mol. The standard InChI is InChI=1S/C9H8BrN3O2/c10-7-1-2-8(15-7)13-4-6(3-11)9(14)12-5-13/h1-2,4-5H,3,11H2. The van der Waals surface area contributed by atoms with Crippen molar-refractivity contribution >= 4 is 15.9 Å². The summed E-state index contributed by atoms with van der Waals surface area (Å²) < 4.78 is 7.53. The Morgan fingerprint density at radius 3 is 2.93 bits per heavy atom. The minimum Gasteiger partial charge on any atom is -0.433 e. The molecule has 0 aliphatic rings. The Bertz CT molecular complexity index is 532. The van der Waals surface area contributed by atoms with Gasteiger partial charge in [-0.3, -0.25) is 9.36 Å². The van der Waals surface area contributed by atoms with E-state index in [0.717, 1.165) is 0 Å².